The van der Waals surface area contributed by atoms with Gasteiger partial charge < -0.3 is 4.74 Å². The molecule has 0 unspecified atom stereocenters. The number of aromatic nitrogens is 1. The van der Waals surface area contributed by atoms with Gasteiger partial charge >= 0.3 is 0 Å². The first kappa shape index (κ1) is 20.1. The average Bonchev–Trinajstić information content (AvgIpc) is 3.17. The van der Waals surface area contributed by atoms with Gasteiger partial charge in [-0.25, -0.2) is 4.98 Å². The molecule has 1 aromatic heterocycles. The van der Waals surface area contributed by atoms with Crippen molar-refractivity contribution in [3.63, 3.8) is 0 Å². The molecule has 0 aliphatic rings. The predicted octanol–water partition coefficient (Wildman–Crippen LogP) is 6.44. The maximum atomic E-state index is 5.87. The summed E-state index contributed by atoms with van der Waals surface area (Å²) in [4.78, 5) is 4.59. The second kappa shape index (κ2) is 10.0. The van der Waals surface area contributed by atoms with Gasteiger partial charge in [0.05, 0.1) is 18.5 Å². The van der Waals surface area contributed by atoms with Gasteiger partial charge in [0.25, 0.3) is 0 Å². The highest BCUT2D eigenvalue weighted by Crippen LogP contribution is 2.25. The van der Waals surface area contributed by atoms with E-state index in [1.54, 1.807) is 11.3 Å². The maximum absolute atomic E-state index is 5.87. The molecular weight excluding hydrogens is 366 g/mol. The number of nitrogens with one attached hydrogen (secondary N) is 1. The Morgan fingerprint density at radius 1 is 1.11 bits per heavy atom. The monoisotopic (exact) mass is 393 g/mol. The quantitative estimate of drug-likeness (QED) is 0.258. The summed E-state index contributed by atoms with van der Waals surface area (Å²) in [5.74, 6) is 0.934. The summed E-state index contributed by atoms with van der Waals surface area (Å²) in [7, 11) is 0. The third-order valence-electron chi connectivity index (χ3n) is 4.51. The van der Waals surface area contributed by atoms with Gasteiger partial charge in [-0.15, -0.1) is 11.3 Å². The van der Waals surface area contributed by atoms with Gasteiger partial charge in [0.1, 0.15) is 5.75 Å². The second-order valence-electron chi connectivity index (χ2n) is 6.80. The molecule has 28 heavy (non-hydrogen) atoms. The van der Waals surface area contributed by atoms with E-state index >= 15 is 0 Å². The van der Waals surface area contributed by atoms with E-state index in [9.17, 15) is 0 Å². The fourth-order valence-electron chi connectivity index (χ4n) is 2.98. The minimum atomic E-state index is 0.773. The number of rotatable bonds is 9. The number of thiazole rings is 1. The summed E-state index contributed by atoms with van der Waals surface area (Å²) in [5, 5.41) is 7.20. The summed E-state index contributed by atoms with van der Waals surface area (Å²) in [6.07, 6.45) is 5.36. The van der Waals surface area contributed by atoms with Crippen molar-refractivity contribution >= 4 is 22.7 Å². The molecule has 2 aromatic carbocycles. The predicted molar refractivity (Wildman–Crippen MR) is 120 cm³/mol. The molecule has 0 spiro atoms. The van der Waals surface area contributed by atoms with Crippen LogP contribution in [0.25, 0.3) is 11.3 Å². The Morgan fingerprint density at radius 3 is 2.57 bits per heavy atom. The van der Waals surface area contributed by atoms with Crippen LogP contribution in [0.3, 0.4) is 0 Å². The molecule has 1 heterocycles. The Labute approximate surface area is 171 Å². The normalized spacial score (nSPS) is 11.1. The van der Waals surface area contributed by atoms with Crippen LogP contribution in [0, 0.1) is 13.8 Å². The highest BCUT2D eigenvalue weighted by atomic mass is 32.1. The average molecular weight is 394 g/mol. The molecular formula is C23H27N3OS. The minimum absolute atomic E-state index is 0.773. The van der Waals surface area contributed by atoms with Crippen molar-refractivity contribution in [3.8, 4) is 17.0 Å². The molecule has 3 aromatic rings. The zero-order valence-corrected chi connectivity index (χ0v) is 17.6. The summed E-state index contributed by atoms with van der Waals surface area (Å²) in [5.41, 5.74) is 8.52. The molecule has 0 aliphatic heterocycles. The lowest BCUT2D eigenvalue weighted by Crippen LogP contribution is -2.00. The third-order valence-corrected chi connectivity index (χ3v) is 5.26. The number of hydrogen-bond donors (Lipinski definition) is 1. The van der Waals surface area contributed by atoms with Crippen molar-refractivity contribution in [2.24, 2.45) is 5.10 Å². The van der Waals surface area contributed by atoms with Crippen LogP contribution in [0.2, 0.25) is 0 Å². The zero-order chi connectivity index (χ0) is 19.8. The molecule has 0 saturated carbocycles. The lowest BCUT2D eigenvalue weighted by Gasteiger charge is -2.11. The van der Waals surface area contributed by atoms with E-state index in [0.29, 0.717) is 0 Å². The largest absolute Gasteiger partial charge is 0.494 e. The van der Waals surface area contributed by atoms with Crippen molar-refractivity contribution in [2.75, 3.05) is 12.0 Å². The van der Waals surface area contributed by atoms with E-state index in [-0.39, 0.29) is 0 Å². The molecule has 5 heteroatoms. The number of benzene rings is 2. The third kappa shape index (κ3) is 5.42. The molecule has 1 N–H and O–H groups in total. The van der Waals surface area contributed by atoms with Crippen molar-refractivity contribution in [3.05, 3.63) is 64.5 Å². The molecule has 0 atom stereocenters. The number of hydrazone groups is 1. The minimum Gasteiger partial charge on any atom is -0.494 e. The summed E-state index contributed by atoms with van der Waals surface area (Å²) in [6, 6.07) is 14.3. The second-order valence-corrected chi connectivity index (χ2v) is 7.66. The number of anilines is 1. The summed E-state index contributed by atoms with van der Waals surface area (Å²) in [6.45, 7) is 7.15. The van der Waals surface area contributed by atoms with Gasteiger partial charge in [0.15, 0.2) is 0 Å². The fourth-order valence-corrected chi connectivity index (χ4v) is 3.65. The van der Waals surface area contributed by atoms with Gasteiger partial charge in [0.2, 0.25) is 5.13 Å². The van der Waals surface area contributed by atoms with Crippen LogP contribution in [0.15, 0.2) is 52.9 Å². The van der Waals surface area contributed by atoms with Crippen molar-refractivity contribution in [2.45, 2.75) is 40.0 Å². The van der Waals surface area contributed by atoms with E-state index in [1.165, 1.54) is 12.8 Å². The van der Waals surface area contributed by atoms with Crippen molar-refractivity contribution in [1.82, 2.24) is 4.98 Å². The molecule has 0 aliphatic carbocycles. The molecule has 0 bridgehead atoms. The highest BCUT2D eigenvalue weighted by molar-refractivity contribution is 7.14. The standard InChI is InChI=1S/C23H27N3OS/c1-4-5-9-12-27-20-13-17(2)21(18(3)14-20)15-24-26-23-25-22(16-28-23)19-10-7-6-8-11-19/h6-8,10-11,13-16H,4-5,9,12H2,1-3H3,(H,25,26). The number of unbranched alkanes of at least 4 members (excludes halogenated alkanes) is 2. The molecule has 0 amide bonds. The van der Waals surface area contributed by atoms with E-state index in [1.807, 2.05) is 29.8 Å². The zero-order valence-electron chi connectivity index (χ0n) is 16.7. The summed E-state index contributed by atoms with van der Waals surface area (Å²) < 4.78 is 5.87. The van der Waals surface area contributed by atoms with E-state index in [0.717, 1.165) is 51.9 Å². The van der Waals surface area contributed by atoms with Crippen LogP contribution < -0.4 is 10.2 Å². The summed E-state index contributed by atoms with van der Waals surface area (Å²) >= 11 is 1.55. The van der Waals surface area contributed by atoms with Crippen LogP contribution >= 0.6 is 11.3 Å². The first-order valence-electron chi connectivity index (χ1n) is 9.71. The molecule has 3 rings (SSSR count). The van der Waals surface area contributed by atoms with E-state index in [4.69, 9.17) is 4.74 Å². The van der Waals surface area contributed by atoms with Crippen molar-refractivity contribution in [1.29, 1.82) is 0 Å². The number of hydrogen-bond acceptors (Lipinski definition) is 5. The number of ether oxygens (including phenoxy) is 1. The van der Waals surface area contributed by atoms with Gasteiger partial charge in [-0.05, 0) is 43.5 Å². The maximum Gasteiger partial charge on any atom is 0.203 e. The smallest absolute Gasteiger partial charge is 0.203 e. The lowest BCUT2D eigenvalue weighted by atomic mass is 10.0. The first-order valence-corrected chi connectivity index (χ1v) is 10.6. The molecule has 0 saturated heterocycles. The Kier molecular flexibility index (Phi) is 7.20. The van der Waals surface area contributed by atoms with E-state index < -0.39 is 0 Å². The van der Waals surface area contributed by atoms with Crippen LogP contribution in [0.4, 0.5) is 5.13 Å². The van der Waals surface area contributed by atoms with E-state index in [2.05, 4.69) is 60.5 Å². The lowest BCUT2D eigenvalue weighted by molar-refractivity contribution is 0.306. The van der Waals surface area contributed by atoms with Crippen LogP contribution in [-0.2, 0) is 0 Å². The Hall–Kier alpha value is -2.66. The molecule has 4 nitrogen and oxygen atoms in total. The van der Waals surface area contributed by atoms with Gasteiger partial charge in [-0.1, -0.05) is 50.1 Å². The molecule has 0 fully saturated rings. The SMILES string of the molecule is CCCCCOc1cc(C)c(C=NNc2nc(-c3ccccc3)cs2)c(C)c1. The van der Waals surface area contributed by atoms with Crippen molar-refractivity contribution < 1.29 is 4.74 Å². The molecule has 0 radical (unpaired) electrons. The number of nitrogens with zero attached hydrogens (tertiary/aromatic N) is 2. The fraction of sp³-hybridized carbons (Fsp3) is 0.304. The van der Waals surface area contributed by atoms with Gasteiger partial charge in [0, 0.05) is 16.5 Å². The first-order chi connectivity index (χ1) is 13.7. The Balaban J connectivity index is 1.62. The van der Waals surface area contributed by atoms with Crippen LogP contribution in [-0.4, -0.2) is 17.8 Å². The Bertz CT molecular complexity index is 896. The molecule has 146 valence electrons. The van der Waals surface area contributed by atoms with Gasteiger partial charge in [-0.3, -0.25) is 5.43 Å². The topological polar surface area (TPSA) is 46.5 Å². The highest BCUT2D eigenvalue weighted by Gasteiger charge is 2.06. The van der Waals surface area contributed by atoms with Gasteiger partial charge in [-0.2, -0.15) is 5.10 Å². The number of aryl methyl sites for hydroxylation is 2. The van der Waals surface area contributed by atoms with Crippen LogP contribution in [0.1, 0.15) is 42.9 Å². The Morgan fingerprint density at radius 2 is 1.86 bits per heavy atom. The van der Waals surface area contributed by atoms with Crippen LogP contribution in [0.5, 0.6) is 5.75 Å².